The first-order chi connectivity index (χ1) is 17.0. The van der Waals surface area contributed by atoms with Crippen LogP contribution in [0.2, 0.25) is 0 Å². The standard InChI is InChI=1S/C24H30N6O5/c1-34-19-6-4-18(5-7-19)30-21(14-20(26-30)23(25)32)24(33)29(16-2-3-16)17-8-10-27(11-9-17)28-12-13-35-15-22(28)31/h4-7,14,16-17H,2-3,8-13,15H2,1H3,(H2,25,32). The molecule has 1 aliphatic carbocycles. The fourth-order valence-corrected chi connectivity index (χ4v) is 4.87. The van der Waals surface area contributed by atoms with E-state index >= 15 is 0 Å². The molecule has 2 aromatic rings. The Kier molecular flexibility index (Phi) is 6.44. The van der Waals surface area contributed by atoms with Gasteiger partial charge in [0.1, 0.15) is 18.1 Å². The Hall–Kier alpha value is -3.44. The molecule has 0 unspecified atom stereocenters. The van der Waals surface area contributed by atoms with Crippen molar-refractivity contribution in [1.82, 2.24) is 24.7 Å². The average molecular weight is 483 g/mol. The molecule has 3 fully saturated rings. The van der Waals surface area contributed by atoms with Gasteiger partial charge in [-0.2, -0.15) is 5.10 Å². The van der Waals surface area contributed by atoms with Gasteiger partial charge < -0.3 is 20.1 Å². The van der Waals surface area contributed by atoms with E-state index < -0.39 is 5.91 Å². The molecule has 0 bridgehead atoms. The van der Waals surface area contributed by atoms with E-state index in [1.165, 1.54) is 10.7 Å². The number of amides is 3. The number of hydrogen-bond acceptors (Lipinski definition) is 7. The number of morpholine rings is 1. The monoisotopic (exact) mass is 482 g/mol. The molecule has 2 N–H and O–H groups in total. The molecule has 3 amide bonds. The molecule has 1 aromatic heterocycles. The molecule has 0 radical (unpaired) electrons. The number of carbonyl (C=O) groups excluding carboxylic acids is 3. The quantitative estimate of drug-likeness (QED) is 0.620. The van der Waals surface area contributed by atoms with Crippen molar-refractivity contribution in [1.29, 1.82) is 0 Å². The summed E-state index contributed by atoms with van der Waals surface area (Å²) in [5, 5.41) is 8.19. The number of aromatic nitrogens is 2. The van der Waals surface area contributed by atoms with Crippen LogP contribution in [0.25, 0.3) is 5.69 Å². The molecule has 5 rings (SSSR count). The van der Waals surface area contributed by atoms with Crippen LogP contribution >= 0.6 is 0 Å². The second-order valence-electron chi connectivity index (χ2n) is 9.09. The zero-order valence-electron chi connectivity index (χ0n) is 19.8. The smallest absolute Gasteiger partial charge is 0.273 e. The third kappa shape index (κ3) is 4.73. The number of rotatable bonds is 7. The molecule has 0 spiro atoms. The van der Waals surface area contributed by atoms with Crippen molar-refractivity contribution in [2.24, 2.45) is 5.73 Å². The topological polar surface area (TPSA) is 123 Å². The predicted octanol–water partition coefficient (Wildman–Crippen LogP) is 0.823. The highest BCUT2D eigenvalue weighted by Crippen LogP contribution is 2.34. The van der Waals surface area contributed by atoms with Gasteiger partial charge in [0, 0.05) is 31.2 Å². The second-order valence-corrected chi connectivity index (χ2v) is 9.09. The van der Waals surface area contributed by atoms with Crippen molar-refractivity contribution in [3.8, 4) is 11.4 Å². The molecular weight excluding hydrogens is 452 g/mol. The number of ether oxygens (including phenoxy) is 2. The average Bonchev–Trinajstić information content (AvgIpc) is 3.60. The van der Waals surface area contributed by atoms with Crippen molar-refractivity contribution in [3.63, 3.8) is 0 Å². The summed E-state index contributed by atoms with van der Waals surface area (Å²) < 4.78 is 12.0. The lowest BCUT2D eigenvalue weighted by molar-refractivity contribution is -0.168. The minimum atomic E-state index is -0.687. The third-order valence-electron chi connectivity index (χ3n) is 6.81. The third-order valence-corrected chi connectivity index (χ3v) is 6.81. The maximum Gasteiger partial charge on any atom is 0.273 e. The van der Waals surface area contributed by atoms with E-state index in [4.69, 9.17) is 15.2 Å². The number of nitrogens with two attached hydrogens (primary N) is 1. The van der Waals surface area contributed by atoms with Gasteiger partial charge in [-0.05, 0) is 49.9 Å². The summed E-state index contributed by atoms with van der Waals surface area (Å²) in [6, 6.07) is 8.80. The SMILES string of the molecule is COc1ccc(-n2nc(C(N)=O)cc2C(=O)N(C2CC2)C2CCN(N3CCOCC3=O)CC2)cc1. The largest absolute Gasteiger partial charge is 0.497 e. The van der Waals surface area contributed by atoms with Crippen molar-refractivity contribution in [3.05, 3.63) is 41.7 Å². The molecule has 2 aliphatic heterocycles. The molecular formula is C24H30N6O5. The predicted molar refractivity (Wildman–Crippen MR) is 125 cm³/mol. The van der Waals surface area contributed by atoms with Crippen LogP contribution in [0.4, 0.5) is 0 Å². The van der Waals surface area contributed by atoms with E-state index in [1.54, 1.807) is 36.4 Å². The van der Waals surface area contributed by atoms with Crippen LogP contribution in [0.15, 0.2) is 30.3 Å². The van der Waals surface area contributed by atoms with Crippen LogP contribution in [0.5, 0.6) is 5.75 Å². The Labute approximate surface area is 203 Å². The van der Waals surface area contributed by atoms with Crippen molar-refractivity contribution >= 4 is 17.7 Å². The Morgan fingerprint density at radius 1 is 1.09 bits per heavy atom. The zero-order valence-corrected chi connectivity index (χ0v) is 19.8. The van der Waals surface area contributed by atoms with Gasteiger partial charge in [0.2, 0.25) is 0 Å². The molecule has 3 aliphatic rings. The molecule has 3 heterocycles. The first-order valence-electron chi connectivity index (χ1n) is 12.0. The number of benzene rings is 1. The molecule has 11 heteroatoms. The van der Waals surface area contributed by atoms with E-state index in [2.05, 4.69) is 10.1 Å². The molecule has 2 saturated heterocycles. The number of methoxy groups -OCH3 is 1. The van der Waals surface area contributed by atoms with Crippen LogP contribution in [0.1, 0.15) is 46.7 Å². The van der Waals surface area contributed by atoms with Crippen LogP contribution in [0.3, 0.4) is 0 Å². The summed E-state index contributed by atoms with van der Waals surface area (Å²) in [6.45, 7) is 2.60. The lowest BCUT2D eigenvalue weighted by Crippen LogP contribution is -2.57. The molecule has 1 aromatic carbocycles. The second kappa shape index (κ2) is 9.67. The Bertz CT molecular complexity index is 1100. The highest BCUT2D eigenvalue weighted by molar-refractivity contribution is 5.98. The van der Waals surface area contributed by atoms with Gasteiger partial charge >= 0.3 is 0 Å². The Morgan fingerprint density at radius 2 is 1.77 bits per heavy atom. The number of hydrazine groups is 1. The molecule has 0 atom stereocenters. The van der Waals surface area contributed by atoms with Gasteiger partial charge in [-0.1, -0.05) is 0 Å². The summed E-state index contributed by atoms with van der Waals surface area (Å²) in [5.41, 5.74) is 6.49. The number of nitrogens with zero attached hydrogens (tertiary/aromatic N) is 5. The van der Waals surface area contributed by atoms with Crippen LogP contribution in [0, 0.1) is 0 Å². The summed E-state index contributed by atoms with van der Waals surface area (Å²) in [5.74, 6) is -0.196. The lowest BCUT2D eigenvalue weighted by atomic mass is 10.0. The first kappa shape index (κ1) is 23.3. The minimum absolute atomic E-state index is 0.0211. The fourth-order valence-electron chi connectivity index (χ4n) is 4.87. The van der Waals surface area contributed by atoms with Crippen LogP contribution < -0.4 is 10.5 Å². The Balaban J connectivity index is 1.38. The molecule has 35 heavy (non-hydrogen) atoms. The maximum atomic E-state index is 13.9. The lowest BCUT2D eigenvalue weighted by Gasteiger charge is -2.43. The number of piperidine rings is 1. The number of primary amides is 1. The summed E-state index contributed by atoms with van der Waals surface area (Å²) in [7, 11) is 1.58. The van der Waals surface area contributed by atoms with E-state index in [0.29, 0.717) is 43.4 Å². The van der Waals surface area contributed by atoms with E-state index in [-0.39, 0.29) is 36.2 Å². The van der Waals surface area contributed by atoms with Crippen molar-refractivity contribution in [2.45, 2.75) is 37.8 Å². The van der Waals surface area contributed by atoms with Gasteiger partial charge in [-0.15, -0.1) is 0 Å². The number of hydrogen-bond donors (Lipinski definition) is 1. The van der Waals surface area contributed by atoms with E-state index in [9.17, 15) is 14.4 Å². The van der Waals surface area contributed by atoms with Gasteiger partial charge in [-0.3, -0.25) is 19.4 Å². The minimum Gasteiger partial charge on any atom is -0.497 e. The Morgan fingerprint density at radius 3 is 2.37 bits per heavy atom. The van der Waals surface area contributed by atoms with Gasteiger partial charge in [0.15, 0.2) is 5.69 Å². The summed E-state index contributed by atoms with van der Waals surface area (Å²) in [6.07, 6.45) is 3.42. The van der Waals surface area contributed by atoms with Crippen molar-refractivity contribution < 1.29 is 23.9 Å². The molecule has 186 valence electrons. The normalized spacial score (nSPS) is 19.6. The summed E-state index contributed by atoms with van der Waals surface area (Å²) in [4.78, 5) is 40.0. The molecule has 11 nitrogen and oxygen atoms in total. The van der Waals surface area contributed by atoms with E-state index in [0.717, 1.165) is 25.7 Å². The first-order valence-corrected chi connectivity index (χ1v) is 12.0. The number of carbonyl (C=O) groups is 3. The van der Waals surface area contributed by atoms with Gasteiger partial charge in [0.05, 0.1) is 25.9 Å². The van der Waals surface area contributed by atoms with Gasteiger partial charge in [-0.25, -0.2) is 9.69 Å². The van der Waals surface area contributed by atoms with Crippen molar-refractivity contribution in [2.75, 3.05) is 40.0 Å². The highest BCUT2D eigenvalue weighted by atomic mass is 16.5. The van der Waals surface area contributed by atoms with Crippen LogP contribution in [-0.2, 0) is 9.53 Å². The van der Waals surface area contributed by atoms with E-state index in [1.807, 2.05) is 4.90 Å². The van der Waals surface area contributed by atoms with Crippen LogP contribution in [-0.4, -0.2) is 94.5 Å². The fraction of sp³-hybridized carbons (Fsp3) is 0.500. The summed E-state index contributed by atoms with van der Waals surface area (Å²) >= 11 is 0. The van der Waals surface area contributed by atoms with Gasteiger partial charge in [0.25, 0.3) is 17.7 Å². The maximum absolute atomic E-state index is 13.9. The zero-order chi connectivity index (χ0) is 24.5. The molecule has 1 saturated carbocycles. The highest BCUT2D eigenvalue weighted by Gasteiger charge is 2.41.